The maximum atomic E-state index is 11.1. The van der Waals surface area contributed by atoms with Gasteiger partial charge in [-0.2, -0.15) is 0 Å². The molecule has 0 saturated heterocycles. The van der Waals surface area contributed by atoms with Crippen molar-refractivity contribution >= 4 is 27.5 Å². The van der Waals surface area contributed by atoms with Crippen LogP contribution in [0, 0.1) is 0 Å². The van der Waals surface area contributed by atoms with Gasteiger partial charge < -0.3 is 5.32 Å². The predicted molar refractivity (Wildman–Crippen MR) is 55.4 cm³/mol. The highest BCUT2D eigenvalue weighted by atomic mass is 79.9. The first kappa shape index (κ1) is 9.92. The minimum Gasteiger partial charge on any atom is -0.320 e. The van der Waals surface area contributed by atoms with Gasteiger partial charge in [-0.05, 0) is 41.1 Å². The van der Waals surface area contributed by atoms with Crippen molar-refractivity contribution in [3.05, 3.63) is 35.1 Å². The second-order valence-corrected chi connectivity index (χ2v) is 3.08. The zero-order valence-corrected chi connectivity index (χ0v) is 8.71. The van der Waals surface area contributed by atoms with Gasteiger partial charge >= 0.3 is 0 Å². The topological polar surface area (TPSA) is 42.0 Å². The fourth-order valence-electron chi connectivity index (χ4n) is 0.805. The van der Waals surface area contributed by atoms with Gasteiger partial charge in [0.05, 0.1) is 5.69 Å². The second kappa shape index (κ2) is 4.77. The molecule has 3 nitrogen and oxygen atoms in total. The van der Waals surface area contributed by atoms with Crippen LogP contribution in [0.4, 0.5) is 5.69 Å². The van der Waals surface area contributed by atoms with E-state index < -0.39 is 0 Å². The van der Waals surface area contributed by atoms with Crippen molar-refractivity contribution in [3.8, 4) is 0 Å². The third-order valence-electron chi connectivity index (χ3n) is 1.33. The van der Waals surface area contributed by atoms with Crippen LogP contribution >= 0.6 is 15.9 Å². The minimum absolute atomic E-state index is 0.156. The fraction of sp³-hybridized carbons (Fsp3) is 0.111. The Morgan fingerprint density at radius 3 is 3.08 bits per heavy atom. The molecule has 1 N–H and O–H groups in total. The van der Waals surface area contributed by atoms with Gasteiger partial charge in [-0.25, -0.2) is 4.98 Å². The summed E-state index contributed by atoms with van der Waals surface area (Å²) in [6.45, 7) is 1.79. The lowest BCUT2D eigenvalue weighted by Gasteiger charge is -2.02. The van der Waals surface area contributed by atoms with E-state index in [0.717, 1.165) is 0 Å². The Labute approximate surface area is 85.0 Å². The summed E-state index contributed by atoms with van der Waals surface area (Å²) < 4.78 is 0.632. The van der Waals surface area contributed by atoms with E-state index >= 15 is 0 Å². The van der Waals surface area contributed by atoms with E-state index in [2.05, 4.69) is 26.2 Å². The van der Waals surface area contributed by atoms with Gasteiger partial charge in [0.1, 0.15) is 4.60 Å². The van der Waals surface area contributed by atoms with E-state index in [-0.39, 0.29) is 5.91 Å². The quantitative estimate of drug-likeness (QED) is 0.637. The predicted octanol–water partition coefficient (Wildman–Crippen LogP) is 2.36. The number of anilines is 1. The highest BCUT2D eigenvalue weighted by molar-refractivity contribution is 9.10. The summed E-state index contributed by atoms with van der Waals surface area (Å²) in [7, 11) is 0. The van der Waals surface area contributed by atoms with Gasteiger partial charge in [0.15, 0.2) is 0 Å². The van der Waals surface area contributed by atoms with E-state index in [4.69, 9.17) is 0 Å². The number of carbonyl (C=O) groups excluding carboxylic acids is 1. The monoisotopic (exact) mass is 240 g/mol. The Hall–Kier alpha value is -1.16. The maximum absolute atomic E-state index is 11.1. The number of allylic oxidation sites excluding steroid dienone is 1. The van der Waals surface area contributed by atoms with Crippen LogP contribution in [0.2, 0.25) is 0 Å². The summed E-state index contributed by atoms with van der Waals surface area (Å²) in [6.07, 6.45) is 4.79. The van der Waals surface area contributed by atoms with Crippen molar-refractivity contribution in [2.75, 3.05) is 5.32 Å². The number of carbonyl (C=O) groups is 1. The van der Waals surface area contributed by atoms with Gasteiger partial charge in [-0.3, -0.25) is 4.79 Å². The molecule has 0 unspecified atom stereocenters. The third-order valence-corrected chi connectivity index (χ3v) is 1.97. The van der Waals surface area contributed by atoms with Gasteiger partial charge in [-0.1, -0.05) is 6.08 Å². The number of nitrogens with zero attached hydrogens (tertiary/aromatic N) is 1. The highest BCUT2D eigenvalue weighted by Gasteiger charge is 2.01. The lowest BCUT2D eigenvalue weighted by molar-refractivity contribution is -0.111. The van der Waals surface area contributed by atoms with Crippen LogP contribution in [-0.4, -0.2) is 10.9 Å². The SMILES string of the molecule is C/C=C/C(=O)Nc1cccnc1Br. The molecule has 0 fully saturated rings. The summed E-state index contributed by atoms with van der Waals surface area (Å²) in [5, 5.41) is 2.68. The summed E-state index contributed by atoms with van der Waals surface area (Å²) in [6, 6.07) is 3.54. The standard InChI is InChI=1S/C9H9BrN2O/c1-2-4-8(13)12-7-5-3-6-11-9(7)10/h2-6H,1H3,(H,12,13)/b4-2+. The van der Waals surface area contributed by atoms with Crippen LogP contribution < -0.4 is 5.32 Å². The van der Waals surface area contributed by atoms with E-state index in [1.807, 2.05) is 0 Å². The van der Waals surface area contributed by atoms with E-state index in [0.29, 0.717) is 10.3 Å². The van der Waals surface area contributed by atoms with Gasteiger partial charge in [0.2, 0.25) is 5.91 Å². The fourth-order valence-corrected chi connectivity index (χ4v) is 1.15. The normalized spacial score (nSPS) is 10.3. The van der Waals surface area contributed by atoms with Crippen molar-refractivity contribution in [1.82, 2.24) is 4.98 Å². The Bertz CT molecular complexity index is 336. The first-order chi connectivity index (χ1) is 6.24. The van der Waals surface area contributed by atoms with Crippen LogP contribution in [0.5, 0.6) is 0 Å². The van der Waals surface area contributed by atoms with Crippen molar-refractivity contribution < 1.29 is 4.79 Å². The third kappa shape index (κ3) is 2.99. The van der Waals surface area contributed by atoms with Crippen LogP contribution in [0.15, 0.2) is 35.1 Å². The van der Waals surface area contributed by atoms with Gasteiger partial charge in [-0.15, -0.1) is 0 Å². The number of pyridine rings is 1. The number of aromatic nitrogens is 1. The Morgan fingerprint density at radius 2 is 2.46 bits per heavy atom. The molecule has 0 atom stereocenters. The van der Waals surface area contributed by atoms with Crippen LogP contribution in [0.25, 0.3) is 0 Å². The summed E-state index contributed by atoms with van der Waals surface area (Å²) >= 11 is 3.23. The molecule has 0 bridgehead atoms. The van der Waals surface area contributed by atoms with Crippen LogP contribution in [0.1, 0.15) is 6.92 Å². The molecular formula is C9H9BrN2O. The number of hydrogen-bond donors (Lipinski definition) is 1. The lowest BCUT2D eigenvalue weighted by atomic mass is 10.4. The van der Waals surface area contributed by atoms with E-state index in [9.17, 15) is 4.79 Å². The summed E-state index contributed by atoms with van der Waals surface area (Å²) in [4.78, 5) is 15.1. The molecule has 0 aliphatic carbocycles. The van der Waals surface area contributed by atoms with Crippen molar-refractivity contribution in [2.24, 2.45) is 0 Å². The molecule has 1 aromatic rings. The molecule has 0 radical (unpaired) electrons. The number of hydrogen-bond acceptors (Lipinski definition) is 2. The number of halogens is 1. The summed E-state index contributed by atoms with van der Waals surface area (Å²) in [5.74, 6) is -0.156. The zero-order valence-electron chi connectivity index (χ0n) is 7.12. The molecule has 0 aromatic carbocycles. The molecule has 0 saturated carbocycles. The largest absolute Gasteiger partial charge is 0.320 e. The number of rotatable bonds is 2. The molecule has 0 spiro atoms. The molecule has 4 heteroatoms. The van der Waals surface area contributed by atoms with E-state index in [1.165, 1.54) is 6.08 Å². The molecule has 1 heterocycles. The Morgan fingerprint density at radius 1 is 1.69 bits per heavy atom. The molecule has 13 heavy (non-hydrogen) atoms. The van der Waals surface area contributed by atoms with Gasteiger partial charge in [0, 0.05) is 6.20 Å². The number of amides is 1. The average molecular weight is 241 g/mol. The van der Waals surface area contributed by atoms with Crippen molar-refractivity contribution in [2.45, 2.75) is 6.92 Å². The first-order valence-electron chi connectivity index (χ1n) is 3.78. The molecule has 68 valence electrons. The van der Waals surface area contributed by atoms with Crippen molar-refractivity contribution in [3.63, 3.8) is 0 Å². The average Bonchev–Trinajstić information content (AvgIpc) is 2.09. The molecule has 1 amide bonds. The van der Waals surface area contributed by atoms with Gasteiger partial charge in [0.25, 0.3) is 0 Å². The summed E-state index contributed by atoms with van der Waals surface area (Å²) in [5.41, 5.74) is 0.672. The maximum Gasteiger partial charge on any atom is 0.248 e. The van der Waals surface area contributed by atoms with Crippen LogP contribution in [0.3, 0.4) is 0 Å². The van der Waals surface area contributed by atoms with Crippen molar-refractivity contribution in [1.29, 1.82) is 0 Å². The first-order valence-corrected chi connectivity index (χ1v) is 4.57. The molecule has 0 aliphatic rings. The molecule has 0 aliphatic heterocycles. The Balaban J connectivity index is 2.74. The van der Waals surface area contributed by atoms with E-state index in [1.54, 1.807) is 31.3 Å². The Kier molecular flexibility index (Phi) is 3.64. The minimum atomic E-state index is -0.156. The zero-order chi connectivity index (χ0) is 9.68. The molecule has 1 rings (SSSR count). The lowest BCUT2D eigenvalue weighted by Crippen LogP contribution is -2.08. The molecular weight excluding hydrogens is 232 g/mol. The van der Waals surface area contributed by atoms with Crippen LogP contribution in [-0.2, 0) is 4.79 Å². The molecule has 1 aromatic heterocycles. The highest BCUT2D eigenvalue weighted by Crippen LogP contribution is 2.17. The second-order valence-electron chi connectivity index (χ2n) is 2.33. The smallest absolute Gasteiger partial charge is 0.248 e. The number of nitrogens with one attached hydrogen (secondary N) is 1.